The second-order valence-corrected chi connectivity index (χ2v) is 8.62. The zero-order valence-electron chi connectivity index (χ0n) is 15.0. The third kappa shape index (κ3) is 2.77. The Kier molecular flexibility index (Phi) is 3.77. The van der Waals surface area contributed by atoms with Gasteiger partial charge in [0, 0.05) is 35.5 Å². The number of hydrogen-bond acceptors (Lipinski definition) is 7. The van der Waals surface area contributed by atoms with Crippen molar-refractivity contribution in [1.29, 1.82) is 0 Å². The van der Waals surface area contributed by atoms with E-state index in [1.54, 1.807) is 30.1 Å². The molecule has 0 saturated heterocycles. The Morgan fingerprint density at radius 3 is 3.07 bits per heavy atom. The molecule has 1 saturated carbocycles. The number of nitrogens with two attached hydrogens (primary N) is 1. The number of aliphatic imine (C=N–C) groups is 1. The van der Waals surface area contributed by atoms with Gasteiger partial charge in [-0.2, -0.15) is 4.39 Å². The fraction of sp³-hybridized carbons (Fsp3) is 0.316. The molecule has 3 aromatic rings. The van der Waals surface area contributed by atoms with Crippen LogP contribution in [-0.2, 0) is 12.0 Å². The smallest absolute Gasteiger partial charge is 0.266 e. The largest absolute Gasteiger partial charge is 0.379 e. The molecule has 0 amide bonds. The molecule has 1 fully saturated rings. The van der Waals surface area contributed by atoms with Gasteiger partial charge in [-0.25, -0.2) is 9.97 Å². The highest BCUT2D eigenvalue weighted by atomic mass is 32.2. The number of aromatic amines is 1. The van der Waals surface area contributed by atoms with Crippen molar-refractivity contribution in [3.63, 3.8) is 0 Å². The number of rotatable bonds is 3. The van der Waals surface area contributed by atoms with Crippen LogP contribution in [0.5, 0.6) is 0 Å². The summed E-state index contributed by atoms with van der Waals surface area (Å²) >= 11 is 1.57. The molecule has 0 bridgehead atoms. The second-order valence-electron chi connectivity index (χ2n) is 7.36. The van der Waals surface area contributed by atoms with Crippen molar-refractivity contribution in [3.05, 3.63) is 63.8 Å². The fourth-order valence-electron chi connectivity index (χ4n) is 3.94. The Hall–Kier alpha value is -2.81. The summed E-state index contributed by atoms with van der Waals surface area (Å²) in [6, 6.07) is 3.50. The van der Waals surface area contributed by atoms with Gasteiger partial charge in [-0.15, -0.1) is 0 Å². The summed E-state index contributed by atoms with van der Waals surface area (Å²) in [5.41, 5.74) is 8.17. The highest BCUT2D eigenvalue weighted by Crippen LogP contribution is 2.57. The number of hydrogen-bond donors (Lipinski definition) is 2. The number of H-pyrrole nitrogens is 1. The maximum atomic E-state index is 14.7. The Morgan fingerprint density at radius 1 is 1.36 bits per heavy atom. The highest BCUT2D eigenvalue weighted by Gasteiger charge is 2.55. The first kappa shape index (κ1) is 17.3. The Morgan fingerprint density at radius 2 is 2.21 bits per heavy atom. The summed E-state index contributed by atoms with van der Waals surface area (Å²) in [4.78, 5) is 31.4. The summed E-state index contributed by atoms with van der Waals surface area (Å²) in [7, 11) is 0. The average molecular weight is 396 g/mol. The third-order valence-corrected chi connectivity index (χ3v) is 6.61. The van der Waals surface area contributed by atoms with E-state index >= 15 is 0 Å². The van der Waals surface area contributed by atoms with Crippen LogP contribution in [0.15, 0.2) is 40.5 Å². The van der Waals surface area contributed by atoms with Crippen molar-refractivity contribution in [2.45, 2.75) is 30.6 Å². The molecule has 7 nitrogen and oxygen atoms in total. The van der Waals surface area contributed by atoms with Crippen LogP contribution >= 0.6 is 11.8 Å². The lowest BCUT2D eigenvalue weighted by Gasteiger charge is -2.30. The molecule has 0 spiro atoms. The van der Waals surface area contributed by atoms with Gasteiger partial charge in [0.05, 0.1) is 22.9 Å². The molecule has 1 unspecified atom stereocenters. The van der Waals surface area contributed by atoms with E-state index in [0.29, 0.717) is 39.1 Å². The number of amidine groups is 1. The zero-order valence-corrected chi connectivity index (χ0v) is 15.8. The van der Waals surface area contributed by atoms with Gasteiger partial charge in [-0.05, 0) is 31.0 Å². The minimum atomic E-state index is -0.706. The topological polar surface area (TPSA) is 110 Å². The van der Waals surface area contributed by atoms with Crippen molar-refractivity contribution < 1.29 is 4.39 Å². The molecule has 9 heteroatoms. The maximum Gasteiger partial charge on any atom is 0.266 e. The molecule has 142 valence electrons. The van der Waals surface area contributed by atoms with Crippen molar-refractivity contribution in [3.8, 4) is 0 Å². The molecule has 3 aromatic heterocycles. The molecular formula is C19H17FN6OS. The number of halogens is 1. The minimum Gasteiger partial charge on any atom is -0.379 e. The highest BCUT2D eigenvalue weighted by molar-refractivity contribution is 8.14. The monoisotopic (exact) mass is 396 g/mol. The van der Waals surface area contributed by atoms with Gasteiger partial charge in [0.1, 0.15) is 5.52 Å². The number of thioether (sulfide) groups is 1. The second kappa shape index (κ2) is 6.10. The van der Waals surface area contributed by atoms with Gasteiger partial charge >= 0.3 is 0 Å². The first-order valence-corrected chi connectivity index (χ1v) is 9.82. The molecule has 3 N–H and O–H groups in total. The Labute approximate surface area is 163 Å². The van der Waals surface area contributed by atoms with E-state index in [0.717, 1.165) is 12.0 Å². The number of nitrogens with one attached hydrogen (secondary N) is 1. The molecule has 0 radical (unpaired) electrons. The van der Waals surface area contributed by atoms with E-state index in [2.05, 4.69) is 24.9 Å². The number of fused-ring (bicyclic) bond motifs is 2. The first-order valence-electron chi connectivity index (χ1n) is 8.94. The molecule has 1 aliphatic heterocycles. The lowest BCUT2D eigenvalue weighted by atomic mass is 9.87. The van der Waals surface area contributed by atoms with Crippen LogP contribution in [0.2, 0.25) is 0 Å². The number of aromatic nitrogens is 4. The fourth-order valence-corrected chi connectivity index (χ4v) is 5.23. The lowest BCUT2D eigenvalue weighted by Crippen LogP contribution is -2.32. The standard InChI is InChI=1S/C19H17FN6OS/c1-19(10-6-14(10)28-18(21)26-19)11-4-9(7-24-17(11)20)5-13-16-12(2-3-22-13)25-15(27)8-23-16/h2-4,7-8,10,14H,5-6H2,1H3,(H2,21,26)(H,25,27)/t10-,14?,19+/m1/s1. The van der Waals surface area contributed by atoms with Gasteiger partial charge in [0.15, 0.2) is 5.17 Å². The van der Waals surface area contributed by atoms with E-state index in [1.807, 2.05) is 6.92 Å². The molecule has 2 aliphatic rings. The predicted molar refractivity (Wildman–Crippen MR) is 106 cm³/mol. The van der Waals surface area contributed by atoms with Crippen LogP contribution in [-0.4, -0.2) is 30.4 Å². The molecule has 4 heterocycles. The van der Waals surface area contributed by atoms with Crippen LogP contribution in [0.1, 0.15) is 30.2 Å². The minimum absolute atomic E-state index is 0.263. The summed E-state index contributed by atoms with van der Waals surface area (Å²) in [6.45, 7) is 1.93. The van der Waals surface area contributed by atoms with Crippen molar-refractivity contribution in [2.75, 3.05) is 0 Å². The Bertz CT molecular complexity index is 1190. The lowest BCUT2D eigenvalue weighted by molar-refractivity contribution is 0.399. The first-order chi connectivity index (χ1) is 13.4. The van der Waals surface area contributed by atoms with E-state index in [9.17, 15) is 9.18 Å². The zero-order chi connectivity index (χ0) is 19.5. The summed E-state index contributed by atoms with van der Waals surface area (Å²) in [5.74, 6) is -0.257. The van der Waals surface area contributed by atoms with Gasteiger partial charge in [0.2, 0.25) is 5.95 Å². The van der Waals surface area contributed by atoms with Crippen LogP contribution in [0.3, 0.4) is 0 Å². The SMILES string of the molecule is C[C@]1(c2cc(Cc3nccc4[nH]c(=O)cnc34)cnc2F)N=C(N)SC2C[C@H]21. The normalized spacial score (nSPS) is 26.0. The van der Waals surface area contributed by atoms with Gasteiger partial charge < -0.3 is 10.7 Å². The van der Waals surface area contributed by atoms with Crippen molar-refractivity contribution >= 4 is 28.0 Å². The quantitative estimate of drug-likeness (QED) is 0.656. The van der Waals surface area contributed by atoms with Gasteiger partial charge in [-0.3, -0.25) is 14.8 Å². The summed E-state index contributed by atoms with van der Waals surface area (Å²) < 4.78 is 14.7. The van der Waals surface area contributed by atoms with Gasteiger partial charge in [0.25, 0.3) is 5.56 Å². The van der Waals surface area contributed by atoms with Gasteiger partial charge in [-0.1, -0.05) is 11.8 Å². The van der Waals surface area contributed by atoms with Crippen molar-refractivity contribution in [2.24, 2.45) is 16.6 Å². The van der Waals surface area contributed by atoms with E-state index < -0.39 is 11.5 Å². The van der Waals surface area contributed by atoms with Crippen molar-refractivity contribution in [1.82, 2.24) is 19.9 Å². The van der Waals surface area contributed by atoms with E-state index in [4.69, 9.17) is 5.73 Å². The van der Waals surface area contributed by atoms with Crippen LogP contribution in [0.4, 0.5) is 4.39 Å². The van der Waals surface area contributed by atoms with Crippen LogP contribution < -0.4 is 11.3 Å². The summed E-state index contributed by atoms with van der Waals surface area (Å²) in [6.07, 6.45) is 5.73. The predicted octanol–water partition coefficient (Wildman–Crippen LogP) is 2.11. The number of pyridine rings is 2. The third-order valence-electron chi connectivity index (χ3n) is 5.45. The van der Waals surface area contributed by atoms with Crippen LogP contribution in [0.25, 0.3) is 11.0 Å². The molecular weight excluding hydrogens is 379 g/mol. The number of nitrogens with zero attached hydrogens (tertiary/aromatic N) is 4. The molecule has 28 heavy (non-hydrogen) atoms. The average Bonchev–Trinajstić information content (AvgIpc) is 3.43. The molecule has 5 rings (SSSR count). The summed E-state index contributed by atoms with van der Waals surface area (Å²) in [5, 5.41) is 0.890. The van der Waals surface area contributed by atoms with E-state index in [1.165, 1.54) is 12.4 Å². The maximum absolute atomic E-state index is 14.7. The molecule has 1 aliphatic carbocycles. The molecule has 0 aromatic carbocycles. The van der Waals surface area contributed by atoms with E-state index in [-0.39, 0.29) is 11.5 Å². The van der Waals surface area contributed by atoms with Crippen LogP contribution in [0, 0.1) is 11.9 Å². The Balaban J connectivity index is 1.56. The molecule has 3 atom stereocenters.